The number of fused-ring (bicyclic) bond motifs is 3. The SMILES string of the molecule is O=C(O)C1C2CCN(CC2)C1C1CCCCC1. The zero-order chi connectivity index (χ0) is 11.8. The van der Waals surface area contributed by atoms with E-state index < -0.39 is 5.97 Å². The van der Waals surface area contributed by atoms with E-state index in [0.29, 0.717) is 17.9 Å². The molecule has 3 aliphatic heterocycles. The summed E-state index contributed by atoms with van der Waals surface area (Å²) in [4.78, 5) is 14.1. The van der Waals surface area contributed by atoms with Crippen LogP contribution in [-0.2, 0) is 4.79 Å². The van der Waals surface area contributed by atoms with Crippen molar-refractivity contribution < 1.29 is 9.90 Å². The number of carboxylic acids is 1. The second-order valence-electron chi connectivity index (χ2n) is 6.13. The van der Waals surface area contributed by atoms with E-state index in [1.807, 2.05) is 0 Å². The number of nitrogens with zero attached hydrogens (tertiary/aromatic N) is 1. The molecule has 0 radical (unpaired) electrons. The first-order valence-corrected chi connectivity index (χ1v) is 7.24. The van der Waals surface area contributed by atoms with E-state index in [4.69, 9.17) is 0 Å². The minimum atomic E-state index is -0.532. The van der Waals surface area contributed by atoms with Crippen LogP contribution in [0.3, 0.4) is 0 Å². The van der Waals surface area contributed by atoms with Gasteiger partial charge < -0.3 is 5.11 Å². The summed E-state index contributed by atoms with van der Waals surface area (Å²) in [6.45, 7) is 2.30. The lowest BCUT2D eigenvalue weighted by molar-refractivity contribution is -0.156. The van der Waals surface area contributed by atoms with Crippen LogP contribution in [0.25, 0.3) is 0 Å². The Hall–Kier alpha value is -0.570. The molecule has 4 rings (SSSR count). The molecule has 0 aromatic rings. The van der Waals surface area contributed by atoms with E-state index in [1.54, 1.807) is 0 Å². The van der Waals surface area contributed by atoms with Gasteiger partial charge in [0.05, 0.1) is 5.92 Å². The molecular weight excluding hydrogens is 214 g/mol. The summed E-state index contributed by atoms with van der Waals surface area (Å²) in [5.74, 6) is 0.521. The quantitative estimate of drug-likeness (QED) is 0.801. The van der Waals surface area contributed by atoms with Crippen molar-refractivity contribution in [3.8, 4) is 0 Å². The van der Waals surface area contributed by atoms with Crippen LogP contribution in [0, 0.1) is 17.8 Å². The molecule has 2 unspecified atom stereocenters. The Morgan fingerprint density at radius 1 is 0.941 bits per heavy atom. The van der Waals surface area contributed by atoms with Gasteiger partial charge in [0.25, 0.3) is 0 Å². The first-order valence-electron chi connectivity index (χ1n) is 7.24. The summed E-state index contributed by atoms with van der Waals surface area (Å²) in [5, 5.41) is 9.53. The highest BCUT2D eigenvalue weighted by molar-refractivity contribution is 5.71. The van der Waals surface area contributed by atoms with Crippen LogP contribution in [0.15, 0.2) is 0 Å². The lowest BCUT2D eigenvalue weighted by Gasteiger charge is -2.52. The van der Waals surface area contributed by atoms with Crippen LogP contribution in [0.2, 0.25) is 0 Å². The van der Waals surface area contributed by atoms with Gasteiger partial charge in [0.1, 0.15) is 0 Å². The molecule has 1 saturated carbocycles. The molecule has 3 heteroatoms. The maximum Gasteiger partial charge on any atom is 0.308 e. The smallest absolute Gasteiger partial charge is 0.308 e. The first-order chi connectivity index (χ1) is 8.27. The normalized spacial score (nSPS) is 42.6. The monoisotopic (exact) mass is 237 g/mol. The van der Waals surface area contributed by atoms with Gasteiger partial charge in [-0.1, -0.05) is 19.3 Å². The van der Waals surface area contributed by atoms with Gasteiger partial charge >= 0.3 is 5.97 Å². The minimum Gasteiger partial charge on any atom is -0.481 e. The zero-order valence-corrected chi connectivity index (χ0v) is 10.5. The molecule has 3 nitrogen and oxygen atoms in total. The van der Waals surface area contributed by atoms with Gasteiger partial charge in [0.2, 0.25) is 0 Å². The third kappa shape index (κ3) is 1.99. The summed E-state index contributed by atoms with van der Waals surface area (Å²) in [5.41, 5.74) is 0. The lowest BCUT2D eigenvalue weighted by Crippen LogP contribution is -2.60. The van der Waals surface area contributed by atoms with Crippen molar-refractivity contribution in [1.82, 2.24) is 4.90 Å². The van der Waals surface area contributed by atoms with Gasteiger partial charge in [-0.05, 0) is 50.6 Å². The molecule has 0 amide bonds. The van der Waals surface area contributed by atoms with Gasteiger partial charge in [-0.15, -0.1) is 0 Å². The molecule has 0 aromatic carbocycles. The van der Waals surface area contributed by atoms with E-state index >= 15 is 0 Å². The fourth-order valence-corrected chi connectivity index (χ4v) is 4.50. The summed E-state index contributed by atoms with van der Waals surface area (Å²) in [7, 11) is 0. The zero-order valence-electron chi connectivity index (χ0n) is 10.5. The highest BCUT2D eigenvalue weighted by atomic mass is 16.4. The molecule has 4 aliphatic rings. The molecule has 1 N–H and O–H groups in total. The molecule has 1 aliphatic carbocycles. The molecule has 3 heterocycles. The van der Waals surface area contributed by atoms with Gasteiger partial charge in [-0.3, -0.25) is 9.69 Å². The van der Waals surface area contributed by atoms with Crippen molar-refractivity contribution in [3.05, 3.63) is 0 Å². The predicted molar refractivity (Wildman–Crippen MR) is 65.8 cm³/mol. The fourth-order valence-electron chi connectivity index (χ4n) is 4.50. The van der Waals surface area contributed by atoms with Crippen molar-refractivity contribution in [2.75, 3.05) is 13.1 Å². The Morgan fingerprint density at radius 3 is 2.18 bits per heavy atom. The van der Waals surface area contributed by atoms with Crippen molar-refractivity contribution in [2.24, 2.45) is 17.8 Å². The third-order valence-corrected chi connectivity index (χ3v) is 5.29. The maximum absolute atomic E-state index is 11.6. The van der Waals surface area contributed by atoms with Crippen LogP contribution in [0.5, 0.6) is 0 Å². The molecule has 2 bridgehead atoms. The highest BCUT2D eigenvalue weighted by Crippen LogP contribution is 2.43. The van der Waals surface area contributed by atoms with E-state index in [9.17, 15) is 9.90 Å². The van der Waals surface area contributed by atoms with Crippen LogP contribution in [0.1, 0.15) is 44.9 Å². The Morgan fingerprint density at radius 2 is 1.59 bits per heavy atom. The molecule has 3 saturated heterocycles. The molecular formula is C14H23NO2. The number of carbonyl (C=O) groups is 1. The predicted octanol–water partition coefficient (Wildman–Crippen LogP) is 2.36. The van der Waals surface area contributed by atoms with Gasteiger partial charge in [0, 0.05) is 6.04 Å². The topological polar surface area (TPSA) is 40.5 Å². The Balaban J connectivity index is 1.81. The third-order valence-electron chi connectivity index (χ3n) is 5.29. The number of piperidine rings is 3. The molecule has 0 aromatic heterocycles. The summed E-state index contributed by atoms with van der Waals surface area (Å²) >= 11 is 0. The fraction of sp³-hybridized carbons (Fsp3) is 0.929. The second-order valence-corrected chi connectivity index (χ2v) is 6.13. The van der Waals surface area contributed by atoms with Crippen molar-refractivity contribution in [2.45, 2.75) is 51.0 Å². The van der Waals surface area contributed by atoms with Gasteiger partial charge in [0.15, 0.2) is 0 Å². The molecule has 2 atom stereocenters. The summed E-state index contributed by atoms with van der Waals surface area (Å²) in [6.07, 6.45) is 8.72. The standard InChI is InChI=1S/C14H23NO2/c16-14(17)12-10-6-8-15(9-7-10)13(12)11-4-2-1-3-5-11/h10-13H,1-9H2,(H,16,17). The van der Waals surface area contributed by atoms with Crippen LogP contribution in [0.4, 0.5) is 0 Å². The Labute approximate surface area is 103 Å². The molecule has 96 valence electrons. The number of hydrogen-bond donors (Lipinski definition) is 1. The number of carboxylic acid groups (broad SMARTS) is 1. The molecule has 0 spiro atoms. The first kappa shape index (κ1) is 11.5. The second kappa shape index (κ2) is 4.60. The van der Waals surface area contributed by atoms with Crippen molar-refractivity contribution >= 4 is 5.97 Å². The van der Waals surface area contributed by atoms with E-state index in [1.165, 1.54) is 32.1 Å². The van der Waals surface area contributed by atoms with E-state index in [-0.39, 0.29) is 5.92 Å². The van der Waals surface area contributed by atoms with E-state index in [0.717, 1.165) is 25.9 Å². The largest absolute Gasteiger partial charge is 0.481 e. The lowest BCUT2D eigenvalue weighted by atomic mass is 9.67. The minimum absolute atomic E-state index is 0.0689. The number of rotatable bonds is 2. The summed E-state index contributed by atoms with van der Waals surface area (Å²) < 4.78 is 0. The molecule has 4 fully saturated rings. The van der Waals surface area contributed by atoms with Crippen molar-refractivity contribution in [3.63, 3.8) is 0 Å². The van der Waals surface area contributed by atoms with Crippen LogP contribution >= 0.6 is 0 Å². The Kier molecular flexibility index (Phi) is 3.12. The number of aliphatic carboxylic acids is 1. The average Bonchev–Trinajstić information content (AvgIpc) is 2.40. The molecule has 17 heavy (non-hydrogen) atoms. The van der Waals surface area contributed by atoms with Gasteiger partial charge in [-0.2, -0.15) is 0 Å². The highest BCUT2D eigenvalue weighted by Gasteiger charge is 2.48. The van der Waals surface area contributed by atoms with Crippen LogP contribution < -0.4 is 0 Å². The van der Waals surface area contributed by atoms with Crippen molar-refractivity contribution in [1.29, 1.82) is 0 Å². The maximum atomic E-state index is 11.6. The average molecular weight is 237 g/mol. The van der Waals surface area contributed by atoms with Crippen LogP contribution in [-0.4, -0.2) is 35.1 Å². The summed E-state index contributed by atoms with van der Waals surface area (Å²) in [6, 6.07) is 0.361. The van der Waals surface area contributed by atoms with E-state index in [2.05, 4.69) is 4.90 Å². The Bertz CT molecular complexity index is 291. The number of hydrogen-bond acceptors (Lipinski definition) is 2. The van der Waals surface area contributed by atoms with Gasteiger partial charge in [-0.25, -0.2) is 0 Å².